The molecule has 11 aromatic rings. The van der Waals surface area contributed by atoms with Gasteiger partial charge in [0.05, 0.1) is 22.1 Å². The molecule has 0 amide bonds. The van der Waals surface area contributed by atoms with Gasteiger partial charge in [-0.15, -0.1) is 0 Å². The van der Waals surface area contributed by atoms with Crippen LogP contribution < -0.4 is 0 Å². The summed E-state index contributed by atoms with van der Waals surface area (Å²) in [5, 5.41) is 9.46. The lowest BCUT2D eigenvalue weighted by Gasteiger charge is -2.12. The van der Waals surface area contributed by atoms with Crippen LogP contribution in [0.25, 0.3) is 98.9 Å². The molecular formula is C46H32N2O2. The quantitative estimate of drug-likeness (QED) is 0.188. The molecule has 50 heavy (non-hydrogen) atoms. The molecule has 0 fully saturated rings. The van der Waals surface area contributed by atoms with Gasteiger partial charge < -0.3 is 18.0 Å². The van der Waals surface area contributed by atoms with Gasteiger partial charge in [-0.1, -0.05) is 72.8 Å². The van der Waals surface area contributed by atoms with E-state index < -0.39 is 0 Å². The predicted octanol–water partition coefficient (Wildman–Crippen LogP) is 12.9. The SMILES string of the molecule is Cc1cc2oc3c(C)c4c(oc5cc(C)c(-n6c7ccccc7c7ccccc76)cc54)c(C)c3c2cc1-n1c2ccccc2c2ccccc21. The van der Waals surface area contributed by atoms with E-state index in [1.165, 1.54) is 54.7 Å². The van der Waals surface area contributed by atoms with Crippen LogP contribution in [0.5, 0.6) is 0 Å². The lowest BCUT2D eigenvalue weighted by molar-refractivity contribution is 0.659. The summed E-state index contributed by atoms with van der Waals surface area (Å²) in [5.74, 6) is 0. The number of rotatable bonds is 2. The van der Waals surface area contributed by atoms with E-state index in [-0.39, 0.29) is 0 Å². The lowest BCUT2D eigenvalue weighted by Crippen LogP contribution is -1.97. The highest BCUT2D eigenvalue weighted by Crippen LogP contribution is 2.45. The van der Waals surface area contributed by atoms with Gasteiger partial charge in [-0.25, -0.2) is 0 Å². The summed E-state index contributed by atoms with van der Waals surface area (Å²) >= 11 is 0. The van der Waals surface area contributed by atoms with Crippen molar-refractivity contribution in [2.75, 3.05) is 0 Å². The van der Waals surface area contributed by atoms with Crippen LogP contribution in [-0.2, 0) is 0 Å². The van der Waals surface area contributed by atoms with Crippen LogP contribution in [0.1, 0.15) is 22.3 Å². The normalized spacial score (nSPS) is 12.4. The number of furan rings is 2. The number of nitrogens with zero attached hydrogens (tertiary/aromatic N) is 2. The molecule has 0 aliphatic heterocycles. The van der Waals surface area contributed by atoms with Crippen molar-refractivity contribution in [2.45, 2.75) is 27.7 Å². The smallest absolute Gasteiger partial charge is 0.139 e. The third kappa shape index (κ3) is 3.45. The summed E-state index contributed by atoms with van der Waals surface area (Å²) in [6.07, 6.45) is 0. The molecule has 0 spiro atoms. The molecule has 0 N–H and O–H groups in total. The first kappa shape index (κ1) is 27.7. The van der Waals surface area contributed by atoms with E-state index in [0.717, 1.165) is 66.4 Å². The Labute approximate surface area is 287 Å². The zero-order chi connectivity index (χ0) is 33.4. The minimum atomic E-state index is 0.895. The number of hydrogen-bond acceptors (Lipinski definition) is 2. The van der Waals surface area contributed by atoms with E-state index in [1.54, 1.807) is 0 Å². The fraction of sp³-hybridized carbons (Fsp3) is 0.0870. The maximum atomic E-state index is 6.80. The monoisotopic (exact) mass is 644 g/mol. The van der Waals surface area contributed by atoms with Crippen LogP contribution in [0.2, 0.25) is 0 Å². The Kier molecular flexibility index (Phi) is 5.35. The van der Waals surface area contributed by atoms with E-state index >= 15 is 0 Å². The summed E-state index contributed by atoms with van der Waals surface area (Å²) in [6, 6.07) is 43.8. The highest BCUT2D eigenvalue weighted by Gasteiger charge is 2.24. The molecule has 4 aromatic heterocycles. The maximum Gasteiger partial charge on any atom is 0.139 e. The highest BCUT2D eigenvalue weighted by atomic mass is 16.3. The topological polar surface area (TPSA) is 36.1 Å². The Morgan fingerprint density at radius 1 is 0.380 bits per heavy atom. The van der Waals surface area contributed by atoms with Gasteiger partial charge in [0.2, 0.25) is 0 Å². The van der Waals surface area contributed by atoms with Gasteiger partial charge in [0.15, 0.2) is 0 Å². The fourth-order valence-corrected chi connectivity index (χ4v) is 8.81. The number of benzene rings is 7. The Bertz CT molecular complexity index is 2930. The third-order valence-corrected chi connectivity index (χ3v) is 11.1. The molecule has 4 heterocycles. The molecule has 0 saturated heterocycles. The van der Waals surface area contributed by atoms with Gasteiger partial charge in [-0.3, -0.25) is 0 Å². The summed E-state index contributed by atoms with van der Waals surface area (Å²) in [6.45, 7) is 8.73. The molecule has 0 saturated carbocycles. The molecule has 7 aromatic carbocycles. The average Bonchev–Trinajstić information content (AvgIpc) is 3.88. The zero-order valence-electron chi connectivity index (χ0n) is 28.3. The van der Waals surface area contributed by atoms with Crippen LogP contribution in [0, 0.1) is 27.7 Å². The van der Waals surface area contributed by atoms with Crippen molar-refractivity contribution >= 4 is 87.5 Å². The van der Waals surface area contributed by atoms with Crippen molar-refractivity contribution in [3.05, 3.63) is 144 Å². The van der Waals surface area contributed by atoms with E-state index in [4.69, 9.17) is 8.83 Å². The molecule has 11 rings (SSSR count). The summed E-state index contributed by atoms with van der Waals surface area (Å²) in [5.41, 5.74) is 15.3. The van der Waals surface area contributed by atoms with Crippen molar-refractivity contribution in [1.29, 1.82) is 0 Å². The van der Waals surface area contributed by atoms with Crippen molar-refractivity contribution in [3.63, 3.8) is 0 Å². The van der Waals surface area contributed by atoms with Crippen LogP contribution in [0.15, 0.2) is 130 Å². The van der Waals surface area contributed by atoms with Crippen molar-refractivity contribution in [1.82, 2.24) is 9.13 Å². The molecule has 4 nitrogen and oxygen atoms in total. The van der Waals surface area contributed by atoms with Crippen LogP contribution in [0.3, 0.4) is 0 Å². The lowest BCUT2D eigenvalue weighted by atomic mass is 9.97. The van der Waals surface area contributed by atoms with Gasteiger partial charge in [-0.05, 0) is 87.4 Å². The first-order valence-corrected chi connectivity index (χ1v) is 17.3. The molecule has 0 aliphatic rings. The number of hydrogen-bond donors (Lipinski definition) is 0. The third-order valence-electron chi connectivity index (χ3n) is 11.1. The predicted molar refractivity (Wildman–Crippen MR) is 209 cm³/mol. The van der Waals surface area contributed by atoms with Crippen molar-refractivity contribution < 1.29 is 8.83 Å². The van der Waals surface area contributed by atoms with E-state index in [0.29, 0.717) is 0 Å². The Morgan fingerprint density at radius 2 is 0.700 bits per heavy atom. The van der Waals surface area contributed by atoms with Gasteiger partial charge in [-0.2, -0.15) is 0 Å². The number of fused-ring (bicyclic) bond motifs is 12. The largest absolute Gasteiger partial charge is 0.456 e. The summed E-state index contributed by atoms with van der Waals surface area (Å²) in [7, 11) is 0. The zero-order valence-corrected chi connectivity index (χ0v) is 28.3. The van der Waals surface area contributed by atoms with Gasteiger partial charge >= 0.3 is 0 Å². The van der Waals surface area contributed by atoms with E-state index in [2.05, 4.69) is 158 Å². The van der Waals surface area contributed by atoms with Gasteiger partial charge in [0.1, 0.15) is 22.3 Å². The second-order valence-electron chi connectivity index (χ2n) is 13.9. The highest BCUT2D eigenvalue weighted by molar-refractivity contribution is 6.20. The summed E-state index contributed by atoms with van der Waals surface area (Å²) in [4.78, 5) is 0. The number of aromatic nitrogens is 2. The standard InChI is InChI=1S/C46H32N2O2/c1-25-21-41-33(23-39(25)47-35-17-9-5-13-29(35)30-14-6-10-18-36(30)47)43-27(3)46-44(28(4)45(43)49-41)34-24-40(26(2)22-42(34)50-46)48-37-19-11-7-15-31(37)32-16-8-12-20-38(32)48/h5-24H,1-4H3. The Morgan fingerprint density at radius 3 is 1.04 bits per heavy atom. The molecule has 238 valence electrons. The first-order valence-electron chi connectivity index (χ1n) is 17.3. The van der Waals surface area contributed by atoms with Gasteiger partial charge in [0.25, 0.3) is 0 Å². The first-order chi connectivity index (χ1) is 24.5. The van der Waals surface area contributed by atoms with E-state index in [1.807, 2.05) is 0 Å². The van der Waals surface area contributed by atoms with Crippen LogP contribution >= 0.6 is 0 Å². The number of para-hydroxylation sites is 4. The minimum Gasteiger partial charge on any atom is -0.456 e. The minimum absolute atomic E-state index is 0.895. The molecule has 0 aliphatic carbocycles. The van der Waals surface area contributed by atoms with Crippen LogP contribution in [0.4, 0.5) is 0 Å². The Hall–Kier alpha value is -6.26. The average molecular weight is 645 g/mol. The molecular weight excluding hydrogens is 613 g/mol. The van der Waals surface area contributed by atoms with E-state index in [9.17, 15) is 0 Å². The second kappa shape index (κ2) is 9.67. The second-order valence-corrected chi connectivity index (χ2v) is 13.9. The molecule has 0 atom stereocenters. The molecule has 0 bridgehead atoms. The molecule has 0 radical (unpaired) electrons. The Balaban J connectivity index is 1.20. The molecule has 0 unspecified atom stereocenters. The van der Waals surface area contributed by atoms with Gasteiger partial charge in [0, 0.05) is 65.6 Å². The fourth-order valence-electron chi connectivity index (χ4n) is 8.81. The van der Waals surface area contributed by atoms with Crippen molar-refractivity contribution in [2.24, 2.45) is 0 Å². The summed E-state index contributed by atoms with van der Waals surface area (Å²) < 4.78 is 18.4. The van der Waals surface area contributed by atoms with Crippen molar-refractivity contribution in [3.8, 4) is 11.4 Å². The van der Waals surface area contributed by atoms with Crippen LogP contribution in [-0.4, -0.2) is 9.13 Å². The molecule has 4 heteroatoms. The number of aryl methyl sites for hydroxylation is 4. The maximum absolute atomic E-state index is 6.80.